The van der Waals surface area contributed by atoms with Gasteiger partial charge in [-0.15, -0.1) is 0 Å². The Kier molecular flexibility index (Phi) is 7.17. The first-order valence-electron chi connectivity index (χ1n) is 8.43. The third-order valence-corrected chi connectivity index (χ3v) is 3.95. The molecular weight excluding hydrogens is 332 g/mol. The van der Waals surface area contributed by atoms with E-state index in [1.807, 2.05) is 62.4 Å². The van der Waals surface area contributed by atoms with Crippen molar-refractivity contribution in [3.05, 3.63) is 65.2 Å². The summed E-state index contributed by atoms with van der Waals surface area (Å²) < 4.78 is 6.03. The lowest BCUT2D eigenvalue weighted by atomic mass is 10.1. The minimum Gasteiger partial charge on any atom is -0.491 e. The van der Waals surface area contributed by atoms with Gasteiger partial charge in [0.25, 0.3) is 0 Å². The highest BCUT2D eigenvalue weighted by atomic mass is 16.5. The number of carbonyl (C=O) groups excluding carboxylic acids is 1. The number of aliphatic carboxylic acids is 1. The Balaban J connectivity index is 2.03. The highest BCUT2D eigenvalue weighted by Gasteiger charge is 2.15. The number of para-hydroxylation sites is 1. The second-order valence-electron chi connectivity index (χ2n) is 6.05. The maximum Gasteiger partial charge on any atom is 0.322 e. The second-order valence-corrected chi connectivity index (χ2v) is 6.05. The first-order valence-corrected chi connectivity index (χ1v) is 8.43. The van der Waals surface area contributed by atoms with Crippen LogP contribution in [0.4, 0.5) is 0 Å². The van der Waals surface area contributed by atoms with Gasteiger partial charge in [-0.25, -0.2) is 0 Å². The summed E-state index contributed by atoms with van der Waals surface area (Å²) in [6.07, 6.45) is 0. The van der Waals surface area contributed by atoms with Crippen LogP contribution in [0.3, 0.4) is 0 Å². The molecule has 2 aromatic rings. The molecule has 1 amide bonds. The van der Waals surface area contributed by atoms with E-state index in [2.05, 4.69) is 10.6 Å². The Morgan fingerprint density at radius 1 is 1.00 bits per heavy atom. The third kappa shape index (κ3) is 5.89. The van der Waals surface area contributed by atoms with Crippen LogP contribution in [0.25, 0.3) is 0 Å². The second kappa shape index (κ2) is 9.58. The molecule has 1 atom stereocenters. The Morgan fingerprint density at radius 3 is 2.27 bits per heavy atom. The molecule has 3 N–H and O–H groups in total. The number of hydrogen-bond donors (Lipinski definition) is 3. The molecule has 0 spiro atoms. The molecule has 138 valence electrons. The number of ether oxygens (including phenoxy) is 1. The van der Waals surface area contributed by atoms with Gasteiger partial charge in [0.05, 0.1) is 12.6 Å². The van der Waals surface area contributed by atoms with Crippen molar-refractivity contribution in [3.63, 3.8) is 0 Å². The van der Waals surface area contributed by atoms with Crippen molar-refractivity contribution in [2.75, 3.05) is 19.7 Å². The number of nitrogens with one attached hydrogen (secondary N) is 2. The van der Waals surface area contributed by atoms with E-state index in [1.165, 1.54) is 0 Å². The van der Waals surface area contributed by atoms with Crippen LogP contribution in [0.2, 0.25) is 0 Å². The topological polar surface area (TPSA) is 87.7 Å². The normalized spacial score (nSPS) is 11.6. The van der Waals surface area contributed by atoms with E-state index in [0.717, 1.165) is 22.4 Å². The molecule has 26 heavy (non-hydrogen) atoms. The van der Waals surface area contributed by atoms with Crippen LogP contribution in [-0.4, -0.2) is 36.7 Å². The van der Waals surface area contributed by atoms with Crippen molar-refractivity contribution in [2.45, 2.75) is 19.9 Å². The quantitative estimate of drug-likeness (QED) is 0.641. The standard InChI is InChI=1S/C20H24N2O4/c1-14-7-6-8-15(2)20(14)26-13-17(16-9-4-3-5-10-16)21-11-18(23)22-12-19(24)25/h3-10,17,21H,11-13H2,1-2H3,(H,22,23)(H,24,25). The van der Waals surface area contributed by atoms with Crippen LogP contribution in [0, 0.1) is 13.8 Å². The van der Waals surface area contributed by atoms with E-state index in [0.29, 0.717) is 6.61 Å². The van der Waals surface area contributed by atoms with Crippen LogP contribution >= 0.6 is 0 Å². The van der Waals surface area contributed by atoms with Crippen molar-refractivity contribution in [1.82, 2.24) is 10.6 Å². The Bertz CT molecular complexity index is 726. The van der Waals surface area contributed by atoms with Gasteiger partial charge in [0, 0.05) is 0 Å². The highest BCUT2D eigenvalue weighted by molar-refractivity contribution is 5.82. The van der Waals surface area contributed by atoms with E-state index in [1.54, 1.807) is 0 Å². The lowest BCUT2D eigenvalue weighted by Gasteiger charge is -2.21. The van der Waals surface area contributed by atoms with E-state index < -0.39 is 12.5 Å². The van der Waals surface area contributed by atoms with Gasteiger partial charge in [-0.05, 0) is 30.5 Å². The highest BCUT2D eigenvalue weighted by Crippen LogP contribution is 2.24. The lowest BCUT2D eigenvalue weighted by Crippen LogP contribution is -2.39. The molecule has 6 heteroatoms. The van der Waals surface area contributed by atoms with Gasteiger partial charge in [0.15, 0.2) is 0 Å². The predicted octanol–water partition coefficient (Wildman–Crippen LogP) is 2.21. The zero-order valence-electron chi connectivity index (χ0n) is 15.0. The van der Waals surface area contributed by atoms with Gasteiger partial charge < -0.3 is 15.2 Å². The summed E-state index contributed by atoms with van der Waals surface area (Å²) in [4.78, 5) is 22.3. The Morgan fingerprint density at radius 2 is 1.65 bits per heavy atom. The number of benzene rings is 2. The van der Waals surface area contributed by atoms with E-state index >= 15 is 0 Å². The largest absolute Gasteiger partial charge is 0.491 e. The summed E-state index contributed by atoms with van der Waals surface area (Å²) in [5.74, 6) is -0.609. The lowest BCUT2D eigenvalue weighted by molar-refractivity contribution is -0.137. The van der Waals surface area contributed by atoms with Crippen LogP contribution in [0.1, 0.15) is 22.7 Å². The van der Waals surface area contributed by atoms with Crippen molar-refractivity contribution < 1.29 is 19.4 Å². The molecule has 0 radical (unpaired) electrons. The number of aryl methyl sites for hydroxylation is 2. The summed E-state index contributed by atoms with van der Waals surface area (Å²) >= 11 is 0. The van der Waals surface area contributed by atoms with Crippen LogP contribution in [0.15, 0.2) is 48.5 Å². The average Bonchev–Trinajstić information content (AvgIpc) is 2.62. The van der Waals surface area contributed by atoms with Gasteiger partial charge in [0.2, 0.25) is 5.91 Å². The van der Waals surface area contributed by atoms with Gasteiger partial charge in [-0.3, -0.25) is 14.9 Å². The molecule has 2 aromatic carbocycles. The molecule has 0 aliphatic heterocycles. The summed E-state index contributed by atoms with van der Waals surface area (Å²) in [7, 11) is 0. The summed E-state index contributed by atoms with van der Waals surface area (Å²) in [6.45, 7) is 3.94. The van der Waals surface area contributed by atoms with Gasteiger partial charge in [-0.1, -0.05) is 48.5 Å². The number of carbonyl (C=O) groups is 2. The zero-order chi connectivity index (χ0) is 18.9. The zero-order valence-corrected chi connectivity index (χ0v) is 15.0. The fourth-order valence-electron chi connectivity index (χ4n) is 2.60. The fourth-order valence-corrected chi connectivity index (χ4v) is 2.60. The van der Waals surface area contributed by atoms with E-state index in [9.17, 15) is 9.59 Å². The summed E-state index contributed by atoms with van der Waals surface area (Å²) in [6, 6.07) is 15.5. The molecule has 0 bridgehead atoms. The minimum absolute atomic E-state index is 0.00293. The number of carboxylic acid groups (broad SMARTS) is 1. The monoisotopic (exact) mass is 356 g/mol. The van der Waals surface area contributed by atoms with E-state index in [-0.39, 0.29) is 18.5 Å². The number of carboxylic acids is 1. The molecule has 2 rings (SSSR count). The SMILES string of the molecule is Cc1cccc(C)c1OCC(NCC(=O)NCC(=O)O)c1ccccc1. The van der Waals surface area contributed by atoms with E-state index in [4.69, 9.17) is 9.84 Å². The average molecular weight is 356 g/mol. The number of rotatable bonds is 9. The van der Waals surface area contributed by atoms with Crippen molar-refractivity contribution in [3.8, 4) is 5.75 Å². The molecule has 0 heterocycles. The van der Waals surface area contributed by atoms with Gasteiger partial charge in [-0.2, -0.15) is 0 Å². The molecule has 1 unspecified atom stereocenters. The summed E-state index contributed by atoms with van der Waals surface area (Å²) in [5.41, 5.74) is 3.09. The maximum atomic E-state index is 11.8. The first kappa shape index (κ1) is 19.5. The number of hydrogen-bond acceptors (Lipinski definition) is 4. The molecule has 0 aliphatic rings. The van der Waals surface area contributed by atoms with Gasteiger partial charge in [0.1, 0.15) is 18.9 Å². The molecule has 6 nitrogen and oxygen atoms in total. The Labute approximate surface area is 153 Å². The van der Waals surface area contributed by atoms with Crippen molar-refractivity contribution in [1.29, 1.82) is 0 Å². The van der Waals surface area contributed by atoms with Crippen LogP contribution < -0.4 is 15.4 Å². The fraction of sp³-hybridized carbons (Fsp3) is 0.300. The smallest absolute Gasteiger partial charge is 0.322 e. The van der Waals surface area contributed by atoms with Crippen molar-refractivity contribution >= 4 is 11.9 Å². The molecule has 0 aliphatic carbocycles. The maximum absolute atomic E-state index is 11.8. The van der Waals surface area contributed by atoms with Crippen LogP contribution in [0.5, 0.6) is 5.75 Å². The Hall–Kier alpha value is -2.86. The molecular formula is C20H24N2O4. The molecule has 0 aromatic heterocycles. The molecule has 0 saturated heterocycles. The minimum atomic E-state index is -1.07. The third-order valence-electron chi connectivity index (χ3n) is 3.95. The van der Waals surface area contributed by atoms with Crippen molar-refractivity contribution in [2.24, 2.45) is 0 Å². The predicted molar refractivity (Wildman–Crippen MR) is 99.2 cm³/mol. The first-order chi connectivity index (χ1) is 12.5. The molecule has 0 saturated carbocycles. The van der Waals surface area contributed by atoms with Gasteiger partial charge >= 0.3 is 5.97 Å². The molecule has 0 fully saturated rings. The van der Waals surface area contributed by atoms with Crippen LogP contribution in [-0.2, 0) is 9.59 Å². The summed E-state index contributed by atoms with van der Waals surface area (Å²) in [5, 5.41) is 14.1. The number of amides is 1.